The number of aromatic nitrogens is 2. The molecule has 0 saturated heterocycles. The van der Waals surface area contributed by atoms with E-state index in [1.54, 1.807) is 13.3 Å². The molecule has 4 heteroatoms. The van der Waals surface area contributed by atoms with E-state index in [-0.39, 0.29) is 0 Å². The minimum Gasteiger partial charge on any atom is -0.497 e. The Labute approximate surface area is 146 Å². The van der Waals surface area contributed by atoms with Crippen LogP contribution in [0.1, 0.15) is 0 Å². The SMILES string of the molecule is COc1ccc(-c2cc(Nc3ccccn3)c3ccccc3n2)cc1. The first-order valence-corrected chi connectivity index (χ1v) is 8.06. The van der Waals surface area contributed by atoms with Crippen LogP contribution in [-0.2, 0) is 0 Å². The summed E-state index contributed by atoms with van der Waals surface area (Å²) in [5, 5.41) is 4.46. The molecule has 4 aromatic rings. The number of hydrogen-bond donors (Lipinski definition) is 1. The standard InChI is InChI=1S/C21H17N3O/c1-25-16-11-9-15(10-12-16)19-14-20(24-21-8-4-5-13-22-21)17-6-2-3-7-18(17)23-19/h2-14H,1H3,(H,22,23,24). The topological polar surface area (TPSA) is 47.0 Å². The summed E-state index contributed by atoms with van der Waals surface area (Å²) in [6, 6.07) is 23.9. The van der Waals surface area contributed by atoms with Crippen molar-refractivity contribution in [2.24, 2.45) is 0 Å². The van der Waals surface area contributed by atoms with Gasteiger partial charge in [-0.1, -0.05) is 24.3 Å². The molecule has 0 radical (unpaired) electrons. The zero-order chi connectivity index (χ0) is 17.1. The van der Waals surface area contributed by atoms with Crippen molar-refractivity contribution < 1.29 is 4.74 Å². The number of pyridine rings is 2. The Kier molecular flexibility index (Phi) is 4.01. The van der Waals surface area contributed by atoms with Gasteiger partial charge in [-0.2, -0.15) is 0 Å². The van der Waals surface area contributed by atoms with Crippen molar-refractivity contribution in [3.63, 3.8) is 0 Å². The average Bonchev–Trinajstić information content (AvgIpc) is 2.69. The van der Waals surface area contributed by atoms with Crippen molar-refractivity contribution >= 4 is 22.4 Å². The molecular formula is C21H17N3O. The van der Waals surface area contributed by atoms with Crippen molar-refractivity contribution in [2.45, 2.75) is 0 Å². The van der Waals surface area contributed by atoms with E-state index in [0.29, 0.717) is 0 Å². The molecule has 2 aromatic carbocycles. The maximum Gasteiger partial charge on any atom is 0.130 e. The quantitative estimate of drug-likeness (QED) is 0.570. The summed E-state index contributed by atoms with van der Waals surface area (Å²) in [7, 11) is 1.66. The van der Waals surface area contributed by atoms with E-state index in [2.05, 4.69) is 22.4 Å². The number of benzene rings is 2. The fraction of sp³-hybridized carbons (Fsp3) is 0.0476. The van der Waals surface area contributed by atoms with Crippen molar-refractivity contribution in [1.82, 2.24) is 9.97 Å². The predicted octanol–water partition coefficient (Wildman–Crippen LogP) is 5.05. The second kappa shape index (κ2) is 6.61. The number of nitrogens with one attached hydrogen (secondary N) is 1. The number of ether oxygens (including phenoxy) is 1. The Morgan fingerprint density at radius 3 is 2.44 bits per heavy atom. The monoisotopic (exact) mass is 327 g/mol. The van der Waals surface area contributed by atoms with Gasteiger partial charge in [-0.25, -0.2) is 9.97 Å². The number of para-hydroxylation sites is 1. The summed E-state index contributed by atoms with van der Waals surface area (Å²) in [5.74, 6) is 1.64. The van der Waals surface area contributed by atoms with E-state index >= 15 is 0 Å². The molecule has 2 aromatic heterocycles. The van der Waals surface area contributed by atoms with Gasteiger partial charge >= 0.3 is 0 Å². The molecule has 0 unspecified atom stereocenters. The van der Waals surface area contributed by atoms with Gasteiger partial charge in [0, 0.05) is 17.1 Å². The summed E-state index contributed by atoms with van der Waals surface area (Å²) < 4.78 is 5.24. The smallest absolute Gasteiger partial charge is 0.130 e. The van der Waals surface area contributed by atoms with Crippen molar-refractivity contribution in [3.05, 3.63) is 79.0 Å². The summed E-state index contributed by atoms with van der Waals surface area (Å²) >= 11 is 0. The molecule has 0 bridgehead atoms. The van der Waals surface area contributed by atoms with E-state index in [0.717, 1.165) is 39.4 Å². The second-order valence-corrected chi connectivity index (χ2v) is 5.64. The fourth-order valence-corrected chi connectivity index (χ4v) is 2.76. The number of nitrogens with zero attached hydrogens (tertiary/aromatic N) is 2. The third kappa shape index (κ3) is 3.15. The van der Waals surface area contributed by atoms with Crippen LogP contribution in [0.5, 0.6) is 5.75 Å². The van der Waals surface area contributed by atoms with Gasteiger partial charge in [0.2, 0.25) is 0 Å². The predicted molar refractivity (Wildman–Crippen MR) is 101 cm³/mol. The summed E-state index contributed by atoms with van der Waals surface area (Å²) in [6.07, 6.45) is 1.77. The van der Waals surface area contributed by atoms with Crippen LogP contribution in [0, 0.1) is 0 Å². The van der Waals surface area contributed by atoms with Gasteiger partial charge in [0.05, 0.1) is 24.0 Å². The first-order valence-electron chi connectivity index (χ1n) is 8.06. The molecule has 0 saturated carbocycles. The number of methoxy groups -OCH3 is 1. The molecule has 4 nitrogen and oxygen atoms in total. The minimum absolute atomic E-state index is 0.805. The lowest BCUT2D eigenvalue weighted by Crippen LogP contribution is -1.96. The number of anilines is 2. The summed E-state index contributed by atoms with van der Waals surface area (Å²) in [4.78, 5) is 9.16. The van der Waals surface area contributed by atoms with Crippen LogP contribution in [-0.4, -0.2) is 17.1 Å². The molecule has 0 amide bonds. The second-order valence-electron chi connectivity index (χ2n) is 5.64. The number of rotatable bonds is 4. The van der Waals surface area contributed by atoms with Gasteiger partial charge in [0.1, 0.15) is 11.6 Å². The Bertz CT molecular complexity index is 998. The van der Waals surface area contributed by atoms with Gasteiger partial charge in [0.25, 0.3) is 0 Å². The van der Waals surface area contributed by atoms with E-state index in [1.165, 1.54) is 0 Å². The molecule has 0 spiro atoms. The van der Waals surface area contributed by atoms with Crippen LogP contribution < -0.4 is 10.1 Å². The van der Waals surface area contributed by atoms with Crippen LogP contribution in [0.25, 0.3) is 22.2 Å². The summed E-state index contributed by atoms with van der Waals surface area (Å²) in [5.41, 5.74) is 3.86. The normalized spacial score (nSPS) is 10.6. The molecule has 0 aliphatic carbocycles. The van der Waals surface area contributed by atoms with Crippen LogP contribution in [0.4, 0.5) is 11.5 Å². The lowest BCUT2D eigenvalue weighted by molar-refractivity contribution is 0.415. The van der Waals surface area contributed by atoms with Gasteiger partial charge < -0.3 is 10.1 Å². The van der Waals surface area contributed by atoms with Crippen molar-refractivity contribution in [3.8, 4) is 17.0 Å². The Morgan fingerprint density at radius 2 is 1.68 bits per heavy atom. The third-order valence-electron chi connectivity index (χ3n) is 4.03. The van der Waals surface area contributed by atoms with Crippen molar-refractivity contribution in [2.75, 3.05) is 12.4 Å². The highest BCUT2D eigenvalue weighted by molar-refractivity contribution is 5.95. The maximum atomic E-state index is 5.24. The van der Waals surface area contributed by atoms with Crippen LogP contribution in [0.3, 0.4) is 0 Å². The first kappa shape index (κ1) is 15.1. The van der Waals surface area contributed by atoms with E-state index < -0.39 is 0 Å². The molecule has 0 aliphatic rings. The summed E-state index contributed by atoms with van der Waals surface area (Å²) in [6.45, 7) is 0. The highest BCUT2D eigenvalue weighted by Crippen LogP contribution is 2.30. The Balaban J connectivity index is 1.82. The molecule has 25 heavy (non-hydrogen) atoms. The highest BCUT2D eigenvalue weighted by Gasteiger charge is 2.08. The lowest BCUT2D eigenvalue weighted by Gasteiger charge is -2.12. The maximum absolute atomic E-state index is 5.24. The number of hydrogen-bond acceptors (Lipinski definition) is 4. The molecule has 0 fully saturated rings. The van der Waals surface area contributed by atoms with Gasteiger partial charge in [-0.05, 0) is 48.5 Å². The molecule has 4 rings (SSSR count). The largest absolute Gasteiger partial charge is 0.497 e. The molecule has 1 N–H and O–H groups in total. The molecule has 122 valence electrons. The fourth-order valence-electron chi connectivity index (χ4n) is 2.76. The first-order chi connectivity index (χ1) is 12.3. The molecule has 2 heterocycles. The third-order valence-corrected chi connectivity index (χ3v) is 4.03. The zero-order valence-electron chi connectivity index (χ0n) is 13.8. The van der Waals surface area contributed by atoms with Gasteiger partial charge in [-0.15, -0.1) is 0 Å². The van der Waals surface area contributed by atoms with Gasteiger partial charge in [0.15, 0.2) is 0 Å². The Hall–Kier alpha value is -3.40. The minimum atomic E-state index is 0.805. The average molecular weight is 327 g/mol. The van der Waals surface area contributed by atoms with Crippen LogP contribution in [0.2, 0.25) is 0 Å². The van der Waals surface area contributed by atoms with Crippen LogP contribution >= 0.6 is 0 Å². The van der Waals surface area contributed by atoms with E-state index in [1.807, 2.05) is 60.7 Å². The zero-order valence-corrected chi connectivity index (χ0v) is 13.8. The Morgan fingerprint density at radius 1 is 0.880 bits per heavy atom. The van der Waals surface area contributed by atoms with Crippen LogP contribution in [0.15, 0.2) is 79.0 Å². The molecular weight excluding hydrogens is 310 g/mol. The van der Waals surface area contributed by atoms with E-state index in [4.69, 9.17) is 9.72 Å². The lowest BCUT2D eigenvalue weighted by atomic mass is 10.1. The van der Waals surface area contributed by atoms with Crippen molar-refractivity contribution in [1.29, 1.82) is 0 Å². The van der Waals surface area contributed by atoms with E-state index in [9.17, 15) is 0 Å². The van der Waals surface area contributed by atoms with Gasteiger partial charge in [-0.3, -0.25) is 0 Å². The molecule has 0 aliphatic heterocycles. The number of fused-ring (bicyclic) bond motifs is 1. The molecule has 0 atom stereocenters. The highest BCUT2D eigenvalue weighted by atomic mass is 16.5.